The molecule has 17 heavy (non-hydrogen) atoms. The lowest BCUT2D eigenvalue weighted by atomic mass is 9.72. The average molecular weight is 240 g/mol. The smallest absolute Gasteiger partial charge is 0.306 e. The van der Waals surface area contributed by atoms with E-state index in [4.69, 9.17) is 5.11 Å². The van der Waals surface area contributed by atoms with Crippen LogP contribution in [0.5, 0.6) is 0 Å². The topological polar surface area (TPSA) is 43.8 Å². The van der Waals surface area contributed by atoms with Crippen LogP contribution in [-0.4, -0.2) is 61.2 Å². The van der Waals surface area contributed by atoms with Crippen LogP contribution >= 0.6 is 0 Å². The molecule has 0 aromatic rings. The lowest BCUT2D eigenvalue weighted by Crippen LogP contribution is -2.47. The fraction of sp³-hybridized carbons (Fsp3) is 0.923. The van der Waals surface area contributed by atoms with Crippen LogP contribution in [0, 0.1) is 17.8 Å². The van der Waals surface area contributed by atoms with Crippen molar-refractivity contribution in [1.82, 2.24) is 9.80 Å². The van der Waals surface area contributed by atoms with E-state index in [1.807, 2.05) is 0 Å². The van der Waals surface area contributed by atoms with Crippen molar-refractivity contribution in [3.63, 3.8) is 0 Å². The van der Waals surface area contributed by atoms with E-state index in [0.29, 0.717) is 11.8 Å². The molecule has 0 radical (unpaired) electrons. The van der Waals surface area contributed by atoms with Crippen molar-refractivity contribution in [2.75, 3.05) is 40.3 Å². The Hall–Kier alpha value is -0.610. The van der Waals surface area contributed by atoms with Gasteiger partial charge in [0, 0.05) is 26.2 Å². The fourth-order valence-corrected chi connectivity index (χ4v) is 3.39. The van der Waals surface area contributed by atoms with Crippen LogP contribution < -0.4 is 0 Å². The summed E-state index contributed by atoms with van der Waals surface area (Å²) in [5.41, 5.74) is 0. The molecular weight excluding hydrogens is 216 g/mol. The number of carboxylic acid groups (broad SMARTS) is 1. The lowest BCUT2D eigenvalue weighted by Gasteiger charge is -2.43. The number of carboxylic acids is 1. The molecule has 1 saturated carbocycles. The van der Waals surface area contributed by atoms with Gasteiger partial charge in [-0.2, -0.15) is 0 Å². The normalized spacial score (nSPS) is 33.9. The van der Waals surface area contributed by atoms with Crippen LogP contribution in [-0.2, 0) is 4.79 Å². The zero-order valence-corrected chi connectivity index (χ0v) is 10.9. The van der Waals surface area contributed by atoms with Crippen molar-refractivity contribution in [3.8, 4) is 0 Å². The average Bonchev–Trinajstić information content (AvgIpc) is 2.25. The lowest BCUT2D eigenvalue weighted by molar-refractivity contribution is -0.145. The summed E-state index contributed by atoms with van der Waals surface area (Å²) in [4.78, 5) is 15.8. The van der Waals surface area contributed by atoms with Gasteiger partial charge in [0.05, 0.1) is 5.92 Å². The van der Waals surface area contributed by atoms with E-state index in [2.05, 4.69) is 23.9 Å². The van der Waals surface area contributed by atoms with E-state index in [9.17, 15) is 4.79 Å². The molecule has 1 heterocycles. The first-order valence-corrected chi connectivity index (χ1v) is 6.64. The van der Waals surface area contributed by atoms with Crippen LogP contribution in [0.3, 0.4) is 0 Å². The van der Waals surface area contributed by atoms with Crippen LogP contribution in [0.1, 0.15) is 19.3 Å². The minimum atomic E-state index is -0.582. The third kappa shape index (κ3) is 3.42. The van der Waals surface area contributed by atoms with Gasteiger partial charge in [0.15, 0.2) is 0 Å². The minimum Gasteiger partial charge on any atom is -0.481 e. The summed E-state index contributed by atoms with van der Waals surface area (Å²) in [5.74, 6) is 0.577. The Morgan fingerprint density at radius 2 is 1.82 bits per heavy atom. The molecule has 2 bridgehead atoms. The zero-order chi connectivity index (χ0) is 12.4. The van der Waals surface area contributed by atoms with Gasteiger partial charge < -0.3 is 14.9 Å². The second-order valence-corrected chi connectivity index (χ2v) is 6.04. The predicted octanol–water partition coefficient (Wildman–Crippen LogP) is 0.981. The van der Waals surface area contributed by atoms with E-state index in [1.54, 1.807) is 0 Å². The fourth-order valence-electron chi connectivity index (χ4n) is 3.39. The summed E-state index contributed by atoms with van der Waals surface area (Å²) < 4.78 is 0. The molecule has 2 atom stereocenters. The van der Waals surface area contributed by atoms with Crippen molar-refractivity contribution in [1.29, 1.82) is 0 Å². The molecule has 1 aliphatic heterocycles. The summed E-state index contributed by atoms with van der Waals surface area (Å²) in [6, 6.07) is 0. The Balaban J connectivity index is 1.85. The number of rotatable bonds is 4. The molecule has 1 saturated heterocycles. The maximum atomic E-state index is 11.1. The number of likely N-dealkylation sites (tertiary alicyclic amines) is 1. The summed E-state index contributed by atoms with van der Waals surface area (Å²) >= 11 is 0. The largest absolute Gasteiger partial charge is 0.481 e. The van der Waals surface area contributed by atoms with Crippen LogP contribution in [0.25, 0.3) is 0 Å². The molecular formula is C13H24N2O2. The van der Waals surface area contributed by atoms with Crippen molar-refractivity contribution in [2.45, 2.75) is 19.3 Å². The van der Waals surface area contributed by atoms with Gasteiger partial charge in [-0.3, -0.25) is 4.79 Å². The highest BCUT2D eigenvalue weighted by molar-refractivity contribution is 5.70. The second kappa shape index (κ2) is 5.36. The van der Waals surface area contributed by atoms with Gasteiger partial charge in [0.2, 0.25) is 0 Å². The van der Waals surface area contributed by atoms with Crippen LogP contribution in [0.15, 0.2) is 0 Å². The Labute approximate surface area is 104 Å². The number of carbonyl (C=O) groups is 1. The summed E-state index contributed by atoms with van der Waals surface area (Å²) in [7, 11) is 4.20. The molecule has 2 unspecified atom stereocenters. The molecule has 1 N–H and O–H groups in total. The Kier molecular flexibility index (Phi) is 4.05. The minimum absolute atomic E-state index is 0.0743. The van der Waals surface area contributed by atoms with E-state index in [-0.39, 0.29) is 5.92 Å². The van der Waals surface area contributed by atoms with Crippen molar-refractivity contribution in [2.24, 2.45) is 17.8 Å². The van der Waals surface area contributed by atoms with E-state index < -0.39 is 5.97 Å². The number of aliphatic carboxylic acids is 1. The highest BCUT2D eigenvalue weighted by Gasteiger charge is 2.37. The highest BCUT2D eigenvalue weighted by atomic mass is 16.4. The molecule has 2 aliphatic rings. The van der Waals surface area contributed by atoms with Gasteiger partial charge in [-0.1, -0.05) is 0 Å². The van der Waals surface area contributed by atoms with Gasteiger partial charge in [-0.15, -0.1) is 0 Å². The maximum Gasteiger partial charge on any atom is 0.306 e. The number of nitrogens with zero attached hydrogens (tertiary/aromatic N) is 2. The first-order valence-electron chi connectivity index (χ1n) is 6.64. The standard InChI is InChI=1S/C13H24N2O2/c1-14(2)3-4-15-8-10-5-11(9-15)7-12(6-10)13(16)17/h10-12H,3-9H2,1-2H3,(H,16,17). The highest BCUT2D eigenvalue weighted by Crippen LogP contribution is 2.37. The molecule has 4 heteroatoms. The van der Waals surface area contributed by atoms with E-state index >= 15 is 0 Å². The molecule has 2 rings (SSSR count). The molecule has 0 spiro atoms. The van der Waals surface area contributed by atoms with Crippen molar-refractivity contribution >= 4 is 5.97 Å². The third-order valence-corrected chi connectivity index (χ3v) is 4.15. The molecule has 98 valence electrons. The number of piperidine rings is 1. The van der Waals surface area contributed by atoms with Gasteiger partial charge in [-0.05, 0) is 45.2 Å². The van der Waals surface area contributed by atoms with Crippen molar-refractivity contribution in [3.05, 3.63) is 0 Å². The maximum absolute atomic E-state index is 11.1. The first kappa shape index (κ1) is 12.8. The molecule has 2 fully saturated rings. The summed E-state index contributed by atoms with van der Waals surface area (Å²) in [5, 5.41) is 9.12. The summed E-state index contributed by atoms with van der Waals surface area (Å²) in [6.45, 7) is 4.43. The molecule has 0 amide bonds. The quantitative estimate of drug-likeness (QED) is 0.795. The number of likely N-dealkylation sites (N-methyl/N-ethyl adjacent to an activating group) is 1. The van der Waals surface area contributed by atoms with Crippen LogP contribution in [0.2, 0.25) is 0 Å². The van der Waals surface area contributed by atoms with Gasteiger partial charge in [-0.25, -0.2) is 0 Å². The SMILES string of the molecule is CN(C)CCN1CC2CC(CC(C(=O)O)C2)C1. The molecule has 0 aromatic carbocycles. The monoisotopic (exact) mass is 240 g/mol. The Morgan fingerprint density at radius 3 is 2.29 bits per heavy atom. The van der Waals surface area contributed by atoms with Crippen molar-refractivity contribution < 1.29 is 9.90 Å². The molecule has 0 aromatic heterocycles. The Bertz CT molecular complexity index is 267. The molecule has 1 aliphatic carbocycles. The van der Waals surface area contributed by atoms with E-state index in [0.717, 1.165) is 39.0 Å². The predicted molar refractivity (Wildman–Crippen MR) is 67.0 cm³/mol. The van der Waals surface area contributed by atoms with Gasteiger partial charge >= 0.3 is 5.97 Å². The number of hydrogen-bond acceptors (Lipinski definition) is 3. The third-order valence-electron chi connectivity index (χ3n) is 4.15. The zero-order valence-electron chi connectivity index (χ0n) is 10.9. The Morgan fingerprint density at radius 1 is 1.24 bits per heavy atom. The number of hydrogen-bond donors (Lipinski definition) is 1. The number of fused-ring (bicyclic) bond motifs is 2. The van der Waals surface area contributed by atoms with Gasteiger partial charge in [0.25, 0.3) is 0 Å². The van der Waals surface area contributed by atoms with Gasteiger partial charge in [0.1, 0.15) is 0 Å². The summed E-state index contributed by atoms with van der Waals surface area (Å²) in [6.07, 6.45) is 3.04. The van der Waals surface area contributed by atoms with Crippen LogP contribution in [0.4, 0.5) is 0 Å². The second-order valence-electron chi connectivity index (χ2n) is 6.04. The molecule has 4 nitrogen and oxygen atoms in total. The van der Waals surface area contributed by atoms with E-state index in [1.165, 1.54) is 6.42 Å². The first-order chi connectivity index (χ1) is 8.04.